The first kappa shape index (κ1) is 12.9. The number of nitrogens with zero attached hydrogens (tertiary/aromatic N) is 4. The fourth-order valence-corrected chi connectivity index (χ4v) is 2.85. The van der Waals surface area contributed by atoms with E-state index in [0.717, 1.165) is 31.0 Å². The number of hydrogen-bond donors (Lipinski definition) is 1. The fraction of sp³-hybridized carbons (Fsp3) is 0.600. The smallest absolute Gasteiger partial charge is 0.332 e. The van der Waals surface area contributed by atoms with Crippen LogP contribution in [0.25, 0.3) is 0 Å². The summed E-state index contributed by atoms with van der Waals surface area (Å²) in [5.74, 6) is 2.46. The molecule has 0 saturated carbocycles. The Morgan fingerprint density at radius 1 is 1.39 bits per heavy atom. The zero-order chi connectivity index (χ0) is 13.1. The summed E-state index contributed by atoms with van der Waals surface area (Å²) in [6.07, 6.45) is 0.991. The van der Waals surface area contributed by atoms with E-state index in [9.17, 15) is 10.1 Å². The van der Waals surface area contributed by atoms with Gasteiger partial charge in [-0.3, -0.25) is 10.1 Å². The maximum Gasteiger partial charge on any atom is 0.332 e. The maximum absolute atomic E-state index is 11.1. The van der Waals surface area contributed by atoms with Crippen LogP contribution in [0.2, 0.25) is 0 Å². The third kappa shape index (κ3) is 2.63. The van der Waals surface area contributed by atoms with E-state index < -0.39 is 4.92 Å². The predicted molar refractivity (Wildman–Crippen MR) is 72.0 cm³/mol. The molecule has 0 atom stereocenters. The Labute approximate surface area is 109 Å². The highest BCUT2D eigenvalue weighted by molar-refractivity contribution is 7.99. The molecule has 98 valence electrons. The Morgan fingerprint density at radius 2 is 2.17 bits per heavy atom. The van der Waals surface area contributed by atoms with Gasteiger partial charge in [-0.1, -0.05) is 0 Å². The third-order valence-electron chi connectivity index (χ3n) is 2.76. The molecule has 0 unspecified atom stereocenters. The van der Waals surface area contributed by atoms with Crippen LogP contribution in [0, 0.1) is 17.0 Å². The van der Waals surface area contributed by atoms with E-state index in [-0.39, 0.29) is 11.6 Å². The lowest BCUT2D eigenvalue weighted by Gasteiger charge is -2.21. The van der Waals surface area contributed by atoms with E-state index in [1.54, 1.807) is 6.92 Å². The minimum atomic E-state index is -0.428. The van der Waals surface area contributed by atoms with Crippen molar-refractivity contribution >= 4 is 29.2 Å². The van der Waals surface area contributed by atoms with Crippen LogP contribution in [0.5, 0.6) is 0 Å². The number of nitrogen functional groups attached to an aromatic ring is 1. The van der Waals surface area contributed by atoms with E-state index >= 15 is 0 Å². The zero-order valence-corrected chi connectivity index (χ0v) is 10.9. The van der Waals surface area contributed by atoms with Gasteiger partial charge in [0.05, 0.1) is 4.92 Å². The van der Waals surface area contributed by atoms with Crippen molar-refractivity contribution in [1.82, 2.24) is 9.97 Å². The Balaban J connectivity index is 2.43. The zero-order valence-electron chi connectivity index (χ0n) is 10.1. The summed E-state index contributed by atoms with van der Waals surface area (Å²) >= 11 is 1.85. The van der Waals surface area contributed by atoms with E-state index in [4.69, 9.17) is 5.73 Å². The number of hydrogen-bond acceptors (Lipinski definition) is 7. The molecule has 2 heterocycles. The average Bonchev–Trinajstić information content (AvgIpc) is 2.55. The summed E-state index contributed by atoms with van der Waals surface area (Å²) in [4.78, 5) is 20.6. The molecule has 1 fully saturated rings. The van der Waals surface area contributed by atoms with Crippen molar-refractivity contribution in [2.45, 2.75) is 13.3 Å². The summed E-state index contributed by atoms with van der Waals surface area (Å²) in [5, 5.41) is 11.1. The summed E-state index contributed by atoms with van der Waals surface area (Å²) in [5.41, 5.74) is 5.89. The van der Waals surface area contributed by atoms with Gasteiger partial charge in [-0.2, -0.15) is 16.7 Å². The monoisotopic (exact) mass is 269 g/mol. The molecular weight excluding hydrogens is 254 g/mol. The molecule has 8 heteroatoms. The van der Waals surface area contributed by atoms with Gasteiger partial charge in [0, 0.05) is 18.8 Å². The van der Waals surface area contributed by atoms with Crippen LogP contribution >= 0.6 is 11.8 Å². The number of thioether (sulfide) groups is 1. The SMILES string of the molecule is Cc1nc(N)nc(N2CCCSCC2)c1[N+](=O)[O-]. The molecule has 18 heavy (non-hydrogen) atoms. The van der Waals surface area contributed by atoms with Crippen molar-refractivity contribution in [3.05, 3.63) is 15.8 Å². The van der Waals surface area contributed by atoms with Gasteiger partial charge in [0.25, 0.3) is 0 Å². The second kappa shape index (κ2) is 5.38. The molecule has 0 amide bonds. The third-order valence-corrected chi connectivity index (χ3v) is 3.81. The number of rotatable bonds is 2. The van der Waals surface area contributed by atoms with Crippen molar-refractivity contribution in [2.75, 3.05) is 35.2 Å². The minimum absolute atomic E-state index is 0.0314. The lowest BCUT2D eigenvalue weighted by molar-refractivity contribution is -0.385. The number of nitro groups is 1. The number of nitrogens with two attached hydrogens (primary N) is 1. The first-order valence-corrected chi connectivity index (χ1v) is 6.86. The van der Waals surface area contributed by atoms with Crippen LogP contribution in [0.4, 0.5) is 17.5 Å². The molecule has 0 spiro atoms. The van der Waals surface area contributed by atoms with E-state index in [0.29, 0.717) is 11.5 Å². The van der Waals surface area contributed by atoms with Crippen LogP contribution in [0.1, 0.15) is 12.1 Å². The van der Waals surface area contributed by atoms with E-state index in [1.807, 2.05) is 16.7 Å². The van der Waals surface area contributed by atoms with Crippen molar-refractivity contribution in [2.24, 2.45) is 0 Å². The number of aromatic nitrogens is 2. The second-order valence-electron chi connectivity index (χ2n) is 4.05. The molecule has 0 radical (unpaired) electrons. The highest BCUT2D eigenvalue weighted by Crippen LogP contribution is 2.30. The Hall–Kier alpha value is -1.57. The molecule has 1 aromatic heterocycles. The lowest BCUT2D eigenvalue weighted by atomic mass is 10.3. The fourth-order valence-electron chi connectivity index (χ4n) is 1.97. The van der Waals surface area contributed by atoms with Crippen LogP contribution in [0.3, 0.4) is 0 Å². The molecule has 2 N–H and O–H groups in total. The molecule has 1 aliphatic rings. The molecule has 1 aromatic rings. The molecule has 0 aromatic carbocycles. The van der Waals surface area contributed by atoms with Crippen LogP contribution < -0.4 is 10.6 Å². The van der Waals surface area contributed by atoms with Crippen LogP contribution in [-0.2, 0) is 0 Å². The van der Waals surface area contributed by atoms with Crippen molar-refractivity contribution < 1.29 is 4.92 Å². The van der Waals surface area contributed by atoms with Gasteiger partial charge in [-0.05, 0) is 19.1 Å². The quantitative estimate of drug-likeness (QED) is 0.636. The molecule has 7 nitrogen and oxygen atoms in total. The summed E-state index contributed by atoms with van der Waals surface area (Å²) < 4.78 is 0. The standard InChI is InChI=1S/C10H15N5O2S/c1-7-8(15(16)17)9(13-10(11)12-7)14-3-2-5-18-6-4-14/h2-6H2,1H3,(H2,11,12,13). The van der Waals surface area contributed by atoms with Crippen molar-refractivity contribution in [3.8, 4) is 0 Å². The van der Waals surface area contributed by atoms with Crippen molar-refractivity contribution in [1.29, 1.82) is 0 Å². The van der Waals surface area contributed by atoms with Crippen LogP contribution in [0.15, 0.2) is 0 Å². The summed E-state index contributed by atoms with van der Waals surface area (Å²) in [7, 11) is 0. The number of anilines is 2. The highest BCUT2D eigenvalue weighted by Gasteiger charge is 2.26. The molecule has 0 bridgehead atoms. The first-order chi connectivity index (χ1) is 8.59. The van der Waals surface area contributed by atoms with Gasteiger partial charge < -0.3 is 10.6 Å². The normalized spacial score (nSPS) is 16.4. The predicted octanol–water partition coefficient (Wildman–Crippen LogP) is 1.22. The Bertz CT molecular complexity index is 460. The molecule has 1 aliphatic heterocycles. The van der Waals surface area contributed by atoms with E-state index in [2.05, 4.69) is 9.97 Å². The Morgan fingerprint density at radius 3 is 2.89 bits per heavy atom. The topological polar surface area (TPSA) is 98.2 Å². The van der Waals surface area contributed by atoms with Gasteiger partial charge in [0.2, 0.25) is 11.8 Å². The van der Waals surface area contributed by atoms with Gasteiger partial charge >= 0.3 is 5.69 Å². The van der Waals surface area contributed by atoms with E-state index in [1.165, 1.54) is 0 Å². The molecule has 0 aliphatic carbocycles. The van der Waals surface area contributed by atoms with Crippen molar-refractivity contribution in [3.63, 3.8) is 0 Å². The second-order valence-corrected chi connectivity index (χ2v) is 5.27. The molecular formula is C10H15N5O2S. The average molecular weight is 269 g/mol. The highest BCUT2D eigenvalue weighted by atomic mass is 32.2. The summed E-state index contributed by atoms with van der Waals surface area (Å²) in [6.45, 7) is 3.11. The van der Waals surface area contributed by atoms with Gasteiger partial charge in [-0.25, -0.2) is 4.98 Å². The van der Waals surface area contributed by atoms with Crippen LogP contribution in [-0.4, -0.2) is 39.5 Å². The number of aryl methyl sites for hydroxylation is 1. The van der Waals surface area contributed by atoms with Gasteiger partial charge in [0.15, 0.2) is 0 Å². The molecule has 2 rings (SSSR count). The largest absolute Gasteiger partial charge is 0.368 e. The molecule has 1 saturated heterocycles. The van der Waals surface area contributed by atoms with Gasteiger partial charge in [0.1, 0.15) is 5.69 Å². The van der Waals surface area contributed by atoms with Gasteiger partial charge in [-0.15, -0.1) is 0 Å². The Kier molecular flexibility index (Phi) is 3.85. The minimum Gasteiger partial charge on any atom is -0.368 e. The maximum atomic E-state index is 11.1. The first-order valence-electron chi connectivity index (χ1n) is 5.71. The lowest BCUT2D eigenvalue weighted by Crippen LogP contribution is -2.28. The summed E-state index contributed by atoms with van der Waals surface area (Å²) in [6, 6.07) is 0.